The standard InChI is InChI=1S/C14H13FN6/c1-3-10-12-13(20(2)19-10)21(14(17)18-12)11-5-4-9(15)6-8(11)7-16/h4-6H,3H2,1-2H3,(H2,17,18). The molecule has 0 atom stereocenters. The van der Waals surface area contributed by atoms with Crippen LogP contribution in [0.5, 0.6) is 0 Å². The van der Waals surface area contributed by atoms with E-state index in [0.717, 1.165) is 12.1 Å². The molecule has 2 aromatic heterocycles. The van der Waals surface area contributed by atoms with Crippen molar-refractivity contribution in [3.05, 3.63) is 35.3 Å². The number of nitrogens with two attached hydrogens (primary N) is 1. The monoisotopic (exact) mass is 284 g/mol. The molecule has 3 rings (SSSR count). The van der Waals surface area contributed by atoms with Crippen molar-refractivity contribution in [3.8, 4) is 11.8 Å². The Labute approximate surface area is 120 Å². The molecular weight excluding hydrogens is 271 g/mol. The van der Waals surface area contributed by atoms with E-state index in [1.807, 2.05) is 13.0 Å². The second kappa shape index (κ2) is 4.59. The molecule has 2 N–H and O–H groups in total. The molecule has 2 heterocycles. The van der Waals surface area contributed by atoms with Gasteiger partial charge in [0.25, 0.3) is 0 Å². The van der Waals surface area contributed by atoms with Gasteiger partial charge in [-0.1, -0.05) is 6.92 Å². The van der Waals surface area contributed by atoms with E-state index in [0.29, 0.717) is 16.9 Å². The molecule has 0 unspecified atom stereocenters. The molecule has 0 bridgehead atoms. The number of nitrogen functional groups attached to an aromatic ring is 1. The van der Waals surface area contributed by atoms with Gasteiger partial charge in [-0.15, -0.1) is 0 Å². The van der Waals surface area contributed by atoms with E-state index >= 15 is 0 Å². The summed E-state index contributed by atoms with van der Waals surface area (Å²) in [5.41, 5.74) is 8.90. The Balaban J connectivity index is 2.38. The number of halogens is 1. The number of hydrogen-bond donors (Lipinski definition) is 1. The summed E-state index contributed by atoms with van der Waals surface area (Å²) in [6, 6.07) is 5.97. The second-order valence-electron chi connectivity index (χ2n) is 4.67. The lowest BCUT2D eigenvalue weighted by atomic mass is 10.2. The van der Waals surface area contributed by atoms with Crippen LogP contribution in [0, 0.1) is 17.1 Å². The third kappa shape index (κ3) is 1.84. The van der Waals surface area contributed by atoms with Crippen LogP contribution in [0.2, 0.25) is 0 Å². The number of benzene rings is 1. The summed E-state index contributed by atoms with van der Waals surface area (Å²) in [4.78, 5) is 4.33. The summed E-state index contributed by atoms with van der Waals surface area (Å²) >= 11 is 0. The van der Waals surface area contributed by atoms with Gasteiger partial charge >= 0.3 is 0 Å². The summed E-state index contributed by atoms with van der Waals surface area (Å²) in [7, 11) is 1.79. The van der Waals surface area contributed by atoms with Gasteiger partial charge in [-0.3, -0.25) is 4.57 Å². The van der Waals surface area contributed by atoms with E-state index in [-0.39, 0.29) is 11.5 Å². The number of aryl methyl sites for hydroxylation is 2. The largest absolute Gasteiger partial charge is 0.369 e. The number of fused-ring (bicyclic) bond motifs is 1. The number of hydrogen-bond acceptors (Lipinski definition) is 4. The van der Waals surface area contributed by atoms with Crippen LogP contribution in [0.25, 0.3) is 16.9 Å². The predicted octanol–water partition coefficient (Wildman–Crippen LogP) is 1.91. The molecule has 6 nitrogen and oxygen atoms in total. The van der Waals surface area contributed by atoms with Gasteiger partial charge in [0.05, 0.1) is 16.9 Å². The Kier molecular flexibility index (Phi) is 2.87. The second-order valence-corrected chi connectivity index (χ2v) is 4.67. The Morgan fingerprint density at radius 2 is 2.19 bits per heavy atom. The number of imidazole rings is 1. The smallest absolute Gasteiger partial charge is 0.207 e. The molecule has 0 saturated heterocycles. The van der Waals surface area contributed by atoms with Crippen LogP contribution in [0.3, 0.4) is 0 Å². The maximum Gasteiger partial charge on any atom is 0.207 e. The zero-order valence-corrected chi connectivity index (χ0v) is 11.6. The Morgan fingerprint density at radius 3 is 2.86 bits per heavy atom. The topological polar surface area (TPSA) is 85.5 Å². The highest BCUT2D eigenvalue weighted by atomic mass is 19.1. The van der Waals surface area contributed by atoms with Crippen molar-refractivity contribution in [1.29, 1.82) is 5.26 Å². The molecule has 0 aliphatic rings. The zero-order chi connectivity index (χ0) is 15.1. The molecule has 1 aromatic carbocycles. The molecule has 3 aromatic rings. The summed E-state index contributed by atoms with van der Waals surface area (Å²) in [5, 5.41) is 13.6. The maximum absolute atomic E-state index is 13.3. The van der Waals surface area contributed by atoms with E-state index in [1.54, 1.807) is 16.3 Å². The average Bonchev–Trinajstić information content (AvgIpc) is 2.96. The van der Waals surface area contributed by atoms with Crippen LogP contribution in [0.1, 0.15) is 18.2 Å². The third-order valence-electron chi connectivity index (χ3n) is 3.38. The quantitative estimate of drug-likeness (QED) is 0.779. The number of aromatic nitrogens is 4. The van der Waals surface area contributed by atoms with Crippen molar-refractivity contribution < 1.29 is 4.39 Å². The molecule has 0 saturated carbocycles. The average molecular weight is 284 g/mol. The van der Waals surface area contributed by atoms with Crippen molar-refractivity contribution in [1.82, 2.24) is 19.3 Å². The minimum absolute atomic E-state index is 0.195. The first kappa shape index (κ1) is 13.1. The molecule has 0 radical (unpaired) electrons. The maximum atomic E-state index is 13.3. The number of nitriles is 1. The summed E-state index contributed by atoms with van der Waals surface area (Å²) in [6.07, 6.45) is 0.725. The molecule has 0 fully saturated rings. The highest BCUT2D eigenvalue weighted by Gasteiger charge is 2.20. The molecule has 0 spiro atoms. The van der Waals surface area contributed by atoms with Crippen molar-refractivity contribution in [2.75, 3.05) is 5.73 Å². The number of anilines is 1. The van der Waals surface area contributed by atoms with Gasteiger partial charge in [-0.05, 0) is 24.6 Å². The van der Waals surface area contributed by atoms with Crippen molar-refractivity contribution in [2.24, 2.45) is 7.05 Å². The first-order valence-corrected chi connectivity index (χ1v) is 6.46. The van der Waals surface area contributed by atoms with E-state index in [1.165, 1.54) is 18.2 Å². The van der Waals surface area contributed by atoms with Crippen molar-refractivity contribution in [3.63, 3.8) is 0 Å². The van der Waals surface area contributed by atoms with Gasteiger partial charge in [0.15, 0.2) is 5.65 Å². The van der Waals surface area contributed by atoms with Crippen LogP contribution >= 0.6 is 0 Å². The molecule has 0 aliphatic heterocycles. The van der Waals surface area contributed by atoms with E-state index < -0.39 is 5.82 Å². The number of rotatable bonds is 2. The van der Waals surface area contributed by atoms with Crippen LogP contribution in [-0.4, -0.2) is 19.3 Å². The minimum Gasteiger partial charge on any atom is -0.369 e. The zero-order valence-electron chi connectivity index (χ0n) is 11.6. The van der Waals surface area contributed by atoms with Crippen molar-refractivity contribution in [2.45, 2.75) is 13.3 Å². The summed E-state index contributed by atoms with van der Waals surface area (Å²) in [5.74, 6) is -0.222. The molecule has 0 aliphatic carbocycles. The van der Waals surface area contributed by atoms with Gasteiger partial charge in [0, 0.05) is 7.05 Å². The van der Waals surface area contributed by atoms with Gasteiger partial charge in [-0.2, -0.15) is 10.4 Å². The van der Waals surface area contributed by atoms with Crippen LogP contribution < -0.4 is 5.73 Å². The Hall–Kier alpha value is -2.88. The Bertz CT molecular complexity index is 883. The van der Waals surface area contributed by atoms with E-state index in [9.17, 15) is 9.65 Å². The fourth-order valence-corrected chi connectivity index (χ4v) is 2.46. The fraction of sp³-hybridized carbons (Fsp3) is 0.214. The predicted molar refractivity (Wildman–Crippen MR) is 76.3 cm³/mol. The molecule has 106 valence electrons. The van der Waals surface area contributed by atoms with E-state index in [2.05, 4.69) is 10.1 Å². The Morgan fingerprint density at radius 1 is 1.43 bits per heavy atom. The highest BCUT2D eigenvalue weighted by Crippen LogP contribution is 2.27. The van der Waals surface area contributed by atoms with E-state index in [4.69, 9.17) is 5.73 Å². The van der Waals surface area contributed by atoms with Gasteiger partial charge in [-0.25, -0.2) is 14.1 Å². The fourth-order valence-electron chi connectivity index (χ4n) is 2.46. The molecule has 7 heteroatoms. The van der Waals surface area contributed by atoms with Gasteiger partial charge < -0.3 is 5.73 Å². The first-order chi connectivity index (χ1) is 10.1. The molecule has 21 heavy (non-hydrogen) atoms. The van der Waals surface area contributed by atoms with Gasteiger partial charge in [0.1, 0.15) is 17.4 Å². The molecule has 0 amide bonds. The lowest BCUT2D eigenvalue weighted by Crippen LogP contribution is -2.06. The van der Waals surface area contributed by atoms with Crippen LogP contribution in [0.15, 0.2) is 18.2 Å². The lowest BCUT2D eigenvalue weighted by Gasteiger charge is -2.08. The molecular formula is C14H13FN6. The van der Waals surface area contributed by atoms with Crippen molar-refractivity contribution >= 4 is 17.1 Å². The normalized spacial score (nSPS) is 11.0. The van der Waals surface area contributed by atoms with Crippen LogP contribution in [0.4, 0.5) is 10.3 Å². The SMILES string of the molecule is CCc1nn(C)c2c1nc(N)n2-c1ccc(F)cc1C#N. The van der Waals surface area contributed by atoms with Crippen LogP contribution in [-0.2, 0) is 13.5 Å². The highest BCUT2D eigenvalue weighted by molar-refractivity contribution is 5.81. The minimum atomic E-state index is -0.468. The lowest BCUT2D eigenvalue weighted by molar-refractivity contribution is 0.627. The summed E-state index contributed by atoms with van der Waals surface area (Å²) < 4.78 is 16.6. The van der Waals surface area contributed by atoms with Gasteiger partial charge in [0.2, 0.25) is 5.95 Å². The summed E-state index contributed by atoms with van der Waals surface area (Å²) in [6.45, 7) is 1.98. The first-order valence-electron chi connectivity index (χ1n) is 6.46. The number of nitrogens with zero attached hydrogens (tertiary/aromatic N) is 5. The third-order valence-corrected chi connectivity index (χ3v) is 3.38.